The molecule has 9 heteroatoms. The summed E-state index contributed by atoms with van der Waals surface area (Å²) in [6.07, 6.45) is 6.62. The van der Waals surface area contributed by atoms with E-state index < -0.39 is 11.6 Å². The van der Waals surface area contributed by atoms with Crippen LogP contribution in [0.15, 0.2) is 47.5 Å². The smallest absolute Gasteiger partial charge is 0.306 e. The monoisotopic (exact) mass is 380 g/mol. The molecule has 0 saturated heterocycles. The Morgan fingerprint density at radius 1 is 1.11 bits per heavy atom. The average Bonchev–Trinajstić information content (AvgIpc) is 3.34. The van der Waals surface area contributed by atoms with E-state index in [-0.39, 0.29) is 11.5 Å². The van der Waals surface area contributed by atoms with Gasteiger partial charge in [-0.3, -0.25) is 8.80 Å². The van der Waals surface area contributed by atoms with Gasteiger partial charge in [-0.2, -0.15) is 4.98 Å². The molecule has 0 aliphatic carbocycles. The molecule has 0 aliphatic rings. The number of benzene rings is 1. The first-order valence-electron chi connectivity index (χ1n) is 8.65. The molecule has 0 radical (unpaired) electrons. The zero-order chi connectivity index (χ0) is 19.4. The van der Waals surface area contributed by atoms with E-state index in [2.05, 4.69) is 20.2 Å². The lowest BCUT2D eigenvalue weighted by Crippen LogP contribution is -2.00. The lowest BCUT2D eigenvalue weighted by Gasteiger charge is -2.07. The van der Waals surface area contributed by atoms with Crippen molar-refractivity contribution in [2.24, 2.45) is 0 Å². The van der Waals surface area contributed by atoms with E-state index in [1.54, 1.807) is 21.2 Å². The van der Waals surface area contributed by atoms with Crippen LogP contribution in [0.3, 0.4) is 0 Å². The van der Waals surface area contributed by atoms with Gasteiger partial charge in [0.05, 0.1) is 5.69 Å². The van der Waals surface area contributed by atoms with Gasteiger partial charge in [-0.15, -0.1) is 10.2 Å². The summed E-state index contributed by atoms with van der Waals surface area (Å²) in [5.41, 5.74) is 1.74. The van der Waals surface area contributed by atoms with E-state index in [0.29, 0.717) is 28.6 Å². The zero-order valence-electron chi connectivity index (χ0n) is 15.0. The number of aromatic nitrogens is 6. The Morgan fingerprint density at radius 2 is 1.96 bits per heavy atom. The van der Waals surface area contributed by atoms with Crippen LogP contribution in [-0.2, 0) is 0 Å². The molecule has 0 saturated carbocycles. The molecular weight excluding hydrogens is 366 g/mol. The highest BCUT2D eigenvalue weighted by molar-refractivity contribution is 5.81. The maximum absolute atomic E-state index is 14.5. The zero-order valence-corrected chi connectivity index (χ0v) is 15.0. The Kier molecular flexibility index (Phi) is 3.51. The maximum atomic E-state index is 14.5. The molecule has 0 unspecified atom stereocenters. The van der Waals surface area contributed by atoms with E-state index in [0.717, 1.165) is 11.9 Å². The maximum Gasteiger partial charge on any atom is 0.306 e. The number of hydrogen-bond donors (Lipinski definition) is 0. The Bertz CT molecular complexity index is 1330. The van der Waals surface area contributed by atoms with Crippen LogP contribution in [-0.4, -0.2) is 29.0 Å². The van der Waals surface area contributed by atoms with Gasteiger partial charge in [0.15, 0.2) is 0 Å². The normalized spacial score (nSPS) is 11.9. The number of oxazole rings is 1. The van der Waals surface area contributed by atoms with E-state index in [1.807, 2.05) is 20.0 Å². The molecule has 0 N–H and O–H groups in total. The third kappa shape index (κ3) is 2.39. The quantitative estimate of drug-likeness (QED) is 0.471. The molecule has 0 atom stereocenters. The third-order valence-electron chi connectivity index (χ3n) is 4.53. The summed E-state index contributed by atoms with van der Waals surface area (Å²) in [5, 5.41) is 8.26. The summed E-state index contributed by atoms with van der Waals surface area (Å²) in [4.78, 5) is 8.77. The van der Waals surface area contributed by atoms with Gasteiger partial charge in [0.25, 0.3) is 5.78 Å². The van der Waals surface area contributed by atoms with E-state index in [9.17, 15) is 8.78 Å². The number of fused-ring (bicyclic) bond motifs is 2. The van der Waals surface area contributed by atoms with Crippen molar-refractivity contribution in [3.05, 3.63) is 60.5 Å². The minimum atomic E-state index is -0.705. The van der Waals surface area contributed by atoms with Crippen molar-refractivity contribution in [3.8, 4) is 22.5 Å². The summed E-state index contributed by atoms with van der Waals surface area (Å²) in [6, 6.07) is 3.39. The summed E-state index contributed by atoms with van der Waals surface area (Å²) >= 11 is 0. The number of nitrogens with zero attached hydrogens (tertiary/aromatic N) is 6. The Balaban J connectivity index is 1.80. The highest BCUT2D eigenvalue weighted by Crippen LogP contribution is 2.34. The van der Waals surface area contributed by atoms with Gasteiger partial charge >= 0.3 is 5.84 Å². The topological polar surface area (TPSA) is 73.5 Å². The average molecular weight is 380 g/mol. The summed E-state index contributed by atoms with van der Waals surface area (Å²) in [5.74, 6) is 0.298. The Morgan fingerprint density at radius 3 is 2.75 bits per heavy atom. The van der Waals surface area contributed by atoms with Crippen LogP contribution in [0.2, 0.25) is 0 Å². The van der Waals surface area contributed by atoms with E-state index >= 15 is 0 Å². The number of rotatable bonds is 3. The fourth-order valence-corrected chi connectivity index (χ4v) is 3.25. The van der Waals surface area contributed by atoms with Crippen molar-refractivity contribution in [1.82, 2.24) is 29.0 Å². The predicted octanol–water partition coefficient (Wildman–Crippen LogP) is 4.10. The van der Waals surface area contributed by atoms with Crippen molar-refractivity contribution in [2.75, 3.05) is 0 Å². The molecule has 0 bridgehead atoms. The fraction of sp³-hybridized carbons (Fsp3) is 0.158. The first-order valence-corrected chi connectivity index (χ1v) is 8.65. The van der Waals surface area contributed by atoms with Crippen LogP contribution < -0.4 is 0 Å². The van der Waals surface area contributed by atoms with Crippen molar-refractivity contribution >= 4 is 11.6 Å². The van der Waals surface area contributed by atoms with Crippen molar-refractivity contribution < 1.29 is 13.2 Å². The summed E-state index contributed by atoms with van der Waals surface area (Å²) in [6.45, 7) is 4.02. The van der Waals surface area contributed by atoms with E-state index in [4.69, 9.17) is 4.42 Å². The molecule has 7 nitrogen and oxygen atoms in total. The van der Waals surface area contributed by atoms with Gasteiger partial charge in [0, 0.05) is 41.7 Å². The molecule has 4 heterocycles. The van der Waals surface area contributed by atoms with Crippen LogP contribution in [0.25, 0.3) is 34.1 Å². The van der Waals surface area contributed by atoms with Crippen molar-refractivity contribution in [2.45, 2.75) is 19.8 Å². The summed E-state index contributed by atoms with van der Waals surface area (Å²) < 4.78 is 36.7. The highest BCUT2D eigenvalue weighted by Gasteiger charge is 2.22. The number of imidazole rings is 1. The molecule has 0 spiro atoms. The molecule has 5 aromatic rings. The largest absolute Gasteiger partial charge is 0.432 e. The minimum absolute atomic E-state index is 0.139. The van der Waals surface area contributed by atoms with Gasteiger partial charge in [-0.25, -0.2) is 13.8 Å². The molecule has 0 fully saturated rings. The number of halogens is 2. The molecule has 5 rings (SSSR count). The van der Waals surface area contributed by atoms with Gasteiger partial charge in [0.1, 0.15) is 29.4 Å². The van der Waals surface area contributed by atoms with Crippen molar-refractivity contribution in [1.29, 1.82) is 0 Å². The molecule has 28 heavy (non-hydrogen) atoms. The molecular formula is C19H14F2N6O. The van der Waals surface area contributed by atoms with Gasteiger partial charge in [0.2, 0.25) is 0 Å². The number of hydrogen-bond acceptors (Lipinski definition) is 5. The molecule has 0 aliphatic heterocycles. The highest BCUT2D eigenvalue weighted by atomic mass is 19.1. The second kappa shape index (κ2) is 5.95. The fourth-order valence-electron chi connectivity index (χ4n) is 3.25. The summed E-state index contributed by atoms with van der Waals surface area (Å²) in [7, 11) is 0. The molecule has 0 amide bonds. The predicted molar refractivity (Wildman–Crippen MR) is 96.7 cm³/mol. The van der Waals surface area contributed by atoms with E-state index in [1.165, 1.54) is 18.4 Å². The van der Waals surface area contributed by atoms with Crippen LogP contribution >= 0.6 is 0 Å². The molecule has 140 valence electrons. The van der Waals surface area contributed by atoms with Crippen molar-refractivity contribution in [3.63, 3.8) is 0 Å². The first kappa shape index (κ1) is 16.5. The lowest BCUT2D eigenvalue weighted by molar-refractivity contribution is 0.585. The Hall–Kier alpha value is -3.62. The Labute approximate surface area is 157 Å². The second-order valence-corrected chi connectivity index (χ2v) is 6.71. The molecule has 1 aromatic carbocycles. The van der Waals surface area contributed by atoms with Gasteiger partial charge in [-0.1, -0.05) is 13.8 Å². The minimum Gasteiger partial charge on any atom is -0.432 e. The van der Waals surface area contributed by atoms with Crippen LogP contribution in [0, 0.1) is 11.6 Å². The van der Waals surface area contributed by atoms with Crippen LogP contribution in [0.4, 0.5) is 8.78 Å². The second-order valence-electron chi connectivity index (χ2n) is 6.71. The van der Waals surface area contributed by atoms with Gasteiger partial charge in [-0.05, 0) is 12.1 Å². The van der Waals surface area contributed by atoms with Gasteiger partial charge < -0.3 is 4.42 Å². The third-order valence-corrected chi connectivity index (χ3v) is 4.53. The first-order chi connectivity index (χ1) is 13.5. The molecule has 4 aromatic heterocycles. The SMILES string of the molecule is CC(C)c1nnc2ncc(-c3c(-c4ccc(F)cc4F)nc4occn34)cn12. The lowest BCUT2D eigenvalue weighted by atomic mass is 10.1. The van der Waals surface area contributed by atoms with Crippen LogP contribution in [0.5, 0.6) is 0 Å². The standard InChI is InChI=1S/C19H14F2N6O/c1-10(2)17-24-25-18-22-8-11(9-27(17)18)16-15(23-19-26(16)5-6-28-19)13-4-3-12(20)7-14(13)21/h3-10H,1-2H3. The van der Waals surface area contributed by atoms with Crippen LogP contribution in [0.1, 0.15) is 25.6 Å².